The van der Waals surface area contributed by atoms with Gasteiger partial charge in [-0.05, 0) is 30.5 Å². The Balaban J connectivity index is 1.96. The van der Waals surface area contributed by atoms with Gasteiger partial charge in [-0.3, -0.25) is 5.41 Å². The van der Waals surface area contributed by atoms with Crippen molar-refractivity contribution in [1.82, 2.24) is 0 Å². The maximum atomic E-state index is 8.57. The number of benzene rings is 3. The SMILES string of the molecule is Cc1cccc(C(=N)c2ccccc2Cc2ccccc2)c1. The van der Waals surface area contributed by atoms with Crippen molar-refractivity contribution in [3.05, 3.63) is 107 Å². The molecule has 0 heterocycles. The number of hydrogen-bond donors (Lipinski definition) is 1. The van der Waals surface area contributed by atoms with Gasteiger partial charge in [0.1, 0.15) is 0 Å². The van der Waals surface area contributed by atoms with Crippen molar-refractivity contribution in [3.63, 3.8) is 0 Å². The summed E-state index contributed by atoms with van der Waals surface area (Å²) < 4.78 is 0. The predicted molar refractivity (Wildman–Crippen MR) is 92.8 cm³/mol. The molecule has 0 aliphatic carbocycles. The molecule has 0 aliphatic heterocycles. The largest absolute Gasteiger partial charge is 0.300 e. The minimum Gasteiger partial charge on any atom is -0.300 e. The van der Waals surface area contributed by atoms with Gasteiger partial charge in [0.2, 0.25) is 0 Å². The summed E-state index contributed by atoms with van der Waals surface area (Å²) in [5.74, 6) is 0. The van der Waals surface area contributed by atoms with Crippen molar-refractivity contribution in [1.29, 1.82) is 5.41 Å². The molecule has 0 aliphatic rings. The second-order valence-corrected chi connectivity index (χ2v) is 5.56. The number of nitrogens with one attached hydrogen (secondary N) is 1. The van der Waals surface area contributed by atoms with Gasteiger partial charge in [-0.25, -0.2) is 0 Å². The van der Waals surface area contributed by atoms with Crippen molar-refractivity contribution in [2.75, 3.05) is 0 Å². The fraction of sp³-hybridized carbons (Fsp3) is 0.0952. The standard InChI is InChI=1S/C21H19N/c1-16-8-7-12-19(14-16)21(22)20-13-6-5-11-18(20)15-17-9-3-2-4-10-17/h2-14,22H,15H2,1H3. The van der Waals surface area contributed by atoms with Crippen LogP contribution >= 0.6 is 0 Å². The van der Waals surface area contributed by atoms with E-state index in [-0.39, 0.29) is 0 Å². The zero-order valence-corrected chi connectivity index (χ0v) is 12.7. The van der Waals surface area contributed by atoms with Crippen molar-refractivity contribution < 1.29 is 0 Å². The van der Waals surface area contributed by atoms with Crippen LogP contribution in [0.1, 0.15) is 27.8 Å². The van der Waals surface area contributed by atoms with E-state index in [1.165, 1.54) is 16.7 Å². The minimum absolute atomic E-state index is 0.593. The highest BCUT2D eigenvalue weighted by Gasteiger charge is 2.10. The molecule has 0 unspecified atom stereocenters. The first-order valence-electron chi connectivity index (χ1n) is 7.52. The van der Waals surface area contributed by atoms with E-state index in [2.05, 4.69) is 49.4 Å². The van der Waals surface area contributed by atoms with Crippen molar-refractivity contribution in [3.8, 4) is 0 Å². The molecule has 0 saturated heterocycles. The first-order valence-corrected chi connectivity index (χ1v) is 7.52. The number of hydrogen-bond acceptors (Lipinski definition) is 1. The van der Waals surface area contributed by atoms with Gasteiger partial charge in [0.05, 0.1) is 5.71 Å². The molecule has 0 atom stereocenters. The zero-order valence-electron chi connectivity index (χ0n) is 12.7. The number of rotatable bonds is 4. The molecule has 0 spiro atoms. The van der Waals surface area contributed by atoms with Gasteiger partial charge in [-0.1, -0.05) is 78.4 Å². The lowest BCUT2D eigenvalue weighted by Crippen LogP contribution is -2.06. The van der Waals surface area contributed by atoms with Crippen LogP contribution in [0.3, 0.4) is 0 Å². The van der Waals surface area contributed by atoms with Gasteiger partial charge in [-0.2, -0.15) is 0 Å². The third-order valence-corrected chi connectivity index (χ3v) is 3.83. The van der Waals surface area contributed by atoms with Crippen LogP contribution in [0.25, 0.3) is 0 Å². The molecule has 0 aromatic heterocycles. The Labute approximate surface area is 131 Å². The van der Waals surface area contributed by atoms with E-state index < -0.39 is 0 Å². The lowest BCUT2D eigenvalue weighted by molar-refractivity contribution is 1.18. The molecule has 0 radical (unpaired) electrons. The summed E-state index contributed by atoms with van der Waals surface area (Å²) in [6.07, 6.45) is 0.852. The Morgan fingerprint density at radius 2 is 1.55 bits per heavy atom. The van der Waals surface area contributed by atoms with Gasteiger partial charge in [-0.15, -0.1) is 0 Å². The average molecular weight is 285 g/mol. The molecule has 1 heteroatoms. The molecule has 22 heavy (non-hydrogen) atoms. The molecule has 3 aromatic carbocycles. The van der Waals surface area contributed by atoms with Crippen LogP contribution in [0, 0.1) is 12.3 Å². The van der Waals surface area contributed by atoms with Crippen LogP contribution in [0.4, 0.5) is 0 Å². The molecule has 3 rings (SSSR count). The Bertz CT molecular complexity index is 788. The maximum absolute atomic E-state index is 8.57. The van der Waals surface area contributed by atoms with E-state index in [1.807, 2.05) is 36.4 Å². The predicted octanol–water partition coefficient (Wildman–Crippen LogP) is 5.00. The van der Waals surface area contributed by atoms with E-state index >= 15 is 0 Å². The van der Waals surface area contributed by atoms with Crippen LogP contribution in [0.15, 0.2) is 78.9 Å². The molecule has 108 valence electrons. The van der Waals surface area contributed by atoms with Gasteiger partial charge in [0.25, 0.3) is 0 Å². The molecule has 1 nitrogen and oxygen atoms in total. The molecular formula is C21H19N. The summed E-state index contributed by atoms with van der Waals surface area (Å²) in [5.41, 5.74) is 6.22. The summed E-state index contributed by atoms with van der Waals surface area (Å²) in [4.78, 5) is 0. The zero-order chi connectivity index (χ0) is 15.4. The van der Waals surface area contributed by atoms with Crippen molar-refractivity contribution >= 4 is 5.71 Å². The third kappa shape index (κ3) is 3.15. The quantitative estimate of drug-likeness (QED) is 0.652. The lowest BCUT2D eigenvalue weighted by Gasteiger charge is -2.11. The maximum Gasteiger partial charge on any atom is 0.0687 e. The summed E-state index contributed by atoms with van der Waals surface area (Å²) >= 11 is 0. The molecule has 0 fully saturated rings. The van der Waals surface area contributed by atoms with Crippen LogP contribution in [0.5, 0.6) is 0 Å². The Hall–Kier alpha value is -2.67. The smallest absolute Gasteiger partial charge is 0.0687 e. The van der Waals surface area contributed by atoms with E-state index in [9.17, 15) is 0 Å². The lowest BCUT2D eigenvalue weighted by atomic mass is 9.93. The second-order valence-electron chi connectivity index (χ2n) is 5.56. The first kappa shape index (κ1) is 14.3. The fourth-order valence-corrected chi connectivity index (χ4v) is 2.69. The third-order valence-electron chi connectivity index (χ3n) is 3.83. The molecule has 0 amide bonds. The summed E-state index contributed by atoms with van der Waals surface area (Å²) in [5, 5.41) is 8.57. The van der Waals surface area contributed by atoms with E-state index in [4.69, 9.17) is 5.41 Å². The Morgan fingerprint density at radius 3 is 2.32 bits per heavy atom. The highest BCUT2D eigenvalue weighted by molar-refractivity contribution is 6.11. The van der Waals surface area contributed by atoms with Crippen LogP contribution in [0.2, 0.25) is 0 Å². The van der Waals surface area contributed by atoms with E-state index in [1.54, 1.807) is 0 Å². The summed E-state index contributed by atoms with van der Waals surface area (Å²) in [6.45, 7) is 2.06. The summed E-state index contributed by atoms with van der Waals surface area (Å²) in [6, 6.07) is 26.8. The van der Waals surface area contributed by atoms with Gasteiger partial charge < -0.3 is 0 Å². The van der Waals surface area contributed by atoms with Crippen molar-refractivity contribution in [2.24, 2.45) is 0 Å². The van der Waals surface area contributed by atoms with Gasteiger partial charge >= 0.3 is 0 Å². The van der Waals surface area contributed by atoms with Crippen LogP contribution in [-0.2, 0) is 6.42 Å². The first-order chi connectivity index (χ1) is 10.7. The Morgan fingerprint density at radius 1 is 0.818 bits per heavy atom. The summed E-state index contributed by atoms with van der Waals surface area (Å²) in [7, 11) is 0. The molecule has 1 N–H and O–H groups in total. The Kier molecular flexibility index (Phi) is 4.15. The molecular weight excluding hydrogens is 266 g/mol. The minimum atomic E-state index is 0.593. The normalized spacial score (nSPS) is 10.4. The highest BCUT2D eigenvalue weighted by atomic mass is 14.4. The monoisotopic (exact) mass is 285 g/mol. The molecule has 0 bridgehead atoms. The topological polar surface area (TPSA) is 23.9 Å². The van der Waals surface area contributed by atoms with Gasteiger partial charge in [0.15, 0.2) is 0 Å². The van der Waals surface area contributed by atoms with Gasteiger partial charge in [0, 0.05) is 11.1 Å². The number of aryl methyl sites for hydroxylation is 1. The molecule has 3 aromatic rings. The fourth-order valence-electron chi connectivity index (χ4n) is 2.69. The van der Waals surface area contributed by atoms with Crippen LogP contribution in [-0.4, -0.2) is 5.71 Å². The second kappa shape index (κ2) is 6.40. The highest BCUT2D eigenvalue weighted by Crippen LogP contribution is 2.18. The molecule has 0 saturated carbocycles. The van der Waals surface area contributed by atoms with Crippen LogP contribution < -0.4 is 0 Å². The van der Waals surface area contributed by atoms with E-state index in [0.29, 0.717) is 5.71 Å². The van der Waals surface area contributed by atoms with Crippen molar-refractivity contribution in [2.45, 2.75) is 13.3 Å². The average Bonchev–Trinajstić information content (AvgIpc) is 2.56. The van der Waals surface area contributed by atoms with E-state index in [0.717, 1.165) is 17.5 Å².